The first-order valence-electron chi connectivity index (χ1n) is 5.08. The van der Waals surface area contributed by atoms with Crippen molar-refractivity contribution in [2.24, 2.45) is 0 Å². The van der Waals surface area contributed by atoms with Gasteiger partial charge in [-0.2, -0.15) is 0 Å². The Bertz CT molecular complexity index is 374. The molecular formula is C10H12N2O6. The molecule has 1 heterocycles. The highest BCUT2D eigenvalue weighted by molar-refractivity contribution is 6.11. The van der Waals surface area contributed by atoms with Crippen LogP contribution < -0.4 is 0 Å². The normalized spacial score (nSPS) is 14.2. The van der Waals surface area contributed by atoms with E-state index in [4.69, 9.17) is 9.68 Å². The Kier molecular flexibility index (Phi) is 5.15. The second-order valence-corrected chi connectivity index (χ2v) is 3.28. The summed E-state index contributed by atoms with van der Waals surface area (Å²) in [5.41, 5.74) is 0. The van der Waals surface area contributed by atoms with Crippen molar-refractivity contribution < 1.29 is 28.9 Å². The average Bonchev–Trinajstić information content (AvgIpc) is 2.67. The van der Waals surface area contributed by atoms with Gasteiger partial charge < -0.3 is 4.79 Å². The fourth-order valence-electron chi connectivity index (χ4n) is 1.08. The molecule has 3 amide bonds. The molecule has 0 N–H and O–H groups in total. The topological polar surface area (TPSA) is 93.2 Å². The first-order chi connectivity index (χ1) is 8.56. The van der Waals surface area contributed by atoms with E-state index in [9.17, 15) is 19.2 Å². The maximum atomic E-state index is 11.3. The number of imide groups is 1. The number of carbonyl (C=O) groups excluding carboxylic acids is 4. The lowest BCUT2D eigenvalue weighted by Gasteiger charge is -2.18. The Morgan fingerprint density at radius 1 is 1.39 bits per heavy atom. The minimum Gasteiger partial charge on any atom is -0.303 e. The molecule has 0 saturated heterocycles. The predicted octanol–water partition coefficient (Wildman–Crippen LogP) is -0.830. The number of nitrogens with zero attached hydrogens (tertiary/aromatic N) is 2. The van der Waals surface area contributed by atoms with E-state index in [0.717, 1.165) is 17.2 Å². The summed E-state index contributed by atoms with van der Waals surface area (Å²) in [4.78, 5) is 53.0. The first-order valence-corrected chi connectivity index (χ1v) is 5.08. The summed E-state index contributed by atoms with van der Waals surface area (Å²) < 4.78 is 0. The molecule has 1 rings (SSSR count). The number of hydroxylamine groups is 4. The molecule has 0 radical (unpaired) electrons. The van der Waals surface area contributed by atoms with E-state index < -0.39 is 24.5 Å². The molecule has 0 aliphatic carbocycles. The quantitative estimate of drug-likeness (QED) is 0.255. The zero-order valence-corrected chi connectivity index (χ0v) is 9.70. The zero-order chi connectivity index (χ0) is 13.5. The van der Waals surface area contributed by atoms with Crippen LogP contribution in [0, 0.1) is 0 Å². The highest BCUT2D eigenvalue weighted by Crippen LogP contribution is 2.04. The monoisotopic (exact) mass is 256 g/mol. The summed E-state index contributed by atoms with van der Waals surface area (Å²) in [5.74, 6) is -1.64. The van der Waals surface area contributed by atoms with Gasteiger partial charge in [0.1, 0.15) is 6.29 Å². The van der Waals surface area contributed by atoms with Crippen molar-refractivity contribution in [1.82, 2.24) is 10.1 Å². The number of hydrogen-bond acceptors (Lipinski definition) is 6. The van der Waals surface area contributed by atoms with E-state index in [1.54, 1.807) is 0 Å². The lowest BCUT2D eigenvalue weighted by atomic mass is 10.3. The molecule has 1 aliphatic rings. The van der Waals surface area contributed by atoms with Crippen LogP contribution in [0.3, 0.4) is 0 Å². The molecule has 0 aromatic heterocycles. The number of aldehydes is 1. The Morgan fingerprint density at radius 2 is 2.00 bits per heavy atom. The van der Waals surface area contributed by atoms with Gasteiger partial charge in [-0.3, -0.25) is 14.4 Å². The number of rotatable bonds is 7. The molecule has 1 aliphatic heterocycles. The van der Waals surface area contributed by atoms with Gasteiger partial charge >= 0.3 is 0 Å². The Balaban J connectivity index is 2.25. The van der Waals surface area contributed by atoms with Crippen LogP contribution in [0.4, 0.5) is 0 Å². The summed E-state index contributed by atoms with van der Waals surface area (Å²) in [6, 6.07) is 0. The number of carbonyl (C=O) groups is 4. The van der Waals surface area contributed by atoms with Crippen molar-refractivity contribution in [2.45, 2.75) is 12.8 Å². The van der Waals surface area contributed by atoms with Gasteiger partial charge in [0.2, 0.25) is 12.7 Å². The summed E-state index contributed by atoms with van der Waals surface area (Å²) >= 11 is 0. The van der Waals surface area contributed by atoms with Gasteiger partial charge in [0.15, 0.2) is 0 Å². The number of hydrogen-bond donors (Lipinski definition) is 0. The smallest absolute Gasteiger partial charge is 0.278 e. The molecular weight excluding hydrogens is 244 g/mol. The van der Waals surface area contributed by atoms with Gasteiger partial charge in [-0.05, 0) is 0 Å². The SMILES string of the molecule is CN(OCON1C(=O)C=CC1=O)C(=O)CCC=O. The summed E-state index contributed by atoms with van der Waals surface area (Å²) in [5, 5.41) is 1.39. The minimum absolute atomic E-state index is 0.0170. The Morgan fingerprint density at radius 3 is 2.56 bits per heavy atom. The predicted molar refractivity (Wildman–Crippen MR) is 56.1 cm³/mol. The van der Waals surface area contributed by atoms with Gasteiger partial charge in [-0.1, -0.05) is 0 Å². The molecule has 0 atom stereocenters. The van der Waals surface area contributed by atoms with Gasteiger partial charge in [0, 0.05) is 32.0 Å². The molecule has 0 unspecified atom stereocenters. The van der Waals surface area contributed by atoms with Crippen LogP contribution in [0.15, 0.2) is 12.2 Å². The minimum atomic E-state index is -0.612. The number of amides is 3. The summed E-state index contributed by atoms with van der Waals surface area (Å²) in [6.45, 7) is -0.470. The van der Waals surface area contributed by atoms with E-state index in [2.05, 4.69) is 0 Å². The van der Waals surface area contributed by atoms with E-state index >= 15 is 0 Å². The van der Waals surface area contributed by atoms with Gasteiger partial charge in [-0.15, -0.1) is 5.06 Å². The van der Waals surface area contributed by atoms with E-state index in [1.807, 2.05) is 0 Å². The molecule has 0 aromatic rings. The van der Waals surface area contributed by atoms with Gasteiger partial charge in [0.05, 0.1) is 0 Å². The van der Waals surface area contributed by atoms with Crippen molar-refractivity contribution in [1.29, 1.82) is 0 Å². The van der Waals surface area contributed by atoms with Crippen LogP contribution in [0.5, 0.6) is 0 Å². The molecule has 18 heavy (non-hydrogen) atoms. The van der Waals surface area contributed by atoms with Crippen LogP contribution in [-0.2, 0) is 28.9 Å². The van der Waals surface area contributed by atoms with E-state index in [1.165, 1.54) is 7.05 Å². The van der Waals surface area contributed by atoms with Crippen LogP contribution in [0.25, 0.3) is 0 Å². The maximum absolute atomic E-state index is 11.3. The highest BCUT2D eigenvalue weighted by Gasteiger charge is 2.24. The van der Waals surface area contributed by atoms with E-state index in [0.29, 0.717) is 11.3 Å². The van der Waals surface area contributed by atoms with Crippen LogP contribution in [0.2, 0.25) is 0 Å². The lowest BCUT2D eigenvalue weighted by molar-refractivity contribution is -0.265. The van der Waals surface area contributed by atoms with Crippen molar-refractivity contribution in [2.75, 3.05) is 13.8 Å². The standard InChI is InChI=1S/C10H12N2O6/c1-11(8(14)3-2-6-13)17-7-18-12-9(15)4-5-10(12)16/h4-6H,2-3,7H2,1H3. The highest BCUT2D eigenvalue weighted by atomic mass is 16.8. The molecule has 8 heteroatoms. The largest absolute Gasteiger partial charge is 0.303 e. The van der Waals surface area contributed by atoms with Crippen molar-refractivity contribution in [3.05, 3.63) is 12.2 Å². The molecule has 0 bridgehead atoms. The fourth-order valence-corrected chi connectivity index (χ4v) is 1.08. The molecule has 0 aromatic carbocycles. The summed E-state index contributed by atoms with van der Waals surface area (Å²) in [7, 11) is 1.34. The van der Waals surface area contributed by atoms with Crippen molar-refractivity contribution in [3.63, 3.8) is 0 Å². The third-order valence-electron chi connectivity index (χ3n) is 2.02. The first kappa shape index (κ1) is 14.0. The van der Waals surface area contributed by atoms with Crippen LogP contribution in [0.1, 0.15) is 12.8 Å². The van der Waals surface area contributed by atoms with Gasteiger partial charge in [0.25, 0.3) is 11.8 Å². The van der Waals surface area contributed by atoms with E-state index in [-0.39, 0.29) is 12.8 Å². The zero-order valence-electron chi connectivity index (χ0n) is 9.70. The van der Waals surface area contributed by atoms with Crippen LogP contribution >= 0.6 is 0 Å². The third-order valence-corrected chi connectivity index (χ3v) is 2.02. The third kappa shape index (κ3) is 3.75. The second-order valence-electron chi connectivity index (χ2n) is 3.28. The summed E-state index contributed by atoms with van der Waals surface area (Å²) in [6.07, 6.45) is 2.85. The molecule has 0 saturated carbocycles. The average molecular weight is 256 g/mol. The van der Waals surface area contributed by atoms with Crippen molar-refractivity contribution >= 4 is 24.0 Å². The second kappa shape index (κ2) is 6.62. The lowest BCUT2D eigenvalue weighted by Crippen LogP contribution is -2.34. The Hall–Kier alpha value is -2.06. The van der Waals surface area contributed by atoms with Gasteiger partial charge in [-0.25, -0.2) is 14.7 Å². The van der Waals surface area contributed by atoms with Crippen LogP contribution in [-0.4, -0.2) is 48.0 Å². The molecule has 98 valence electrons. The molecule has 0 fully saturated rings. The maximum Gasteiger partial charge on any atom is 0.278 e. The fraction of sp³-hybridized carbons (Fsp3) is 0.400. The Labute approximate surface area is 103 Å². The molecule has 0 spiro atoms. The van der Waals surface area contributed by atoms with Crippen molar-refractivity contribution in [3.8, 4) is 0 Å². The molecule has 8 nitrogen and oxygen atoms in total.